The molecule has 0 aromatic heterocycles. The molecule has 0 heterocycles. The first kappa shape index (κ1) is 18.2. The van der Waals surface area contributed by atoms with Crippen LogP contribution in [0.2, 0.25) is 0 Å². The van der Waals surface area contributed by atoms with E-state index in [-0.39, 0.29) is 34.5 Å². The molecule has 2 aromatic carbocycles. The van der Waals surface area contributed by atoms with E-state index in [1.165, 1.54) is 24.3 Å². The summed E-state index contributed by atoms with van der Waals surface area (Å²) in [6.45, 7) is 0. The molecule has 0 aliphatic carbocycles. The van der Waals surface area contributed by atoms with Gasteiger partial charge in [-0.2, -0.15) is 21.6 Å². The summed E-state index contributed by atoms with van der Waals surface area (Å²) in [5.74, 6) is 0. The summed E-state index contributed by atoms with van der Waals surface area (Å²) in [4.78, 5) is -0.312. The van der Waals surface area contributed by atoms with Crippen molar-refractivity contribution in [2.75, 3.05) is 0 Å². The molecule has 0 amide bonds. The van der Waals surface area contributed by atoms with E-state index in [1.54, 1.807) is 0 Å². The van der Waals surface area contributed by atoms with Gasteiger partial charge in [-0.3, -0.25) is 4.55 Å². The second kappa shape index (κ2) is 6.50. The third-order valence-electron chi connectivity index (χ3n) is 2.68. The third-order valence-corrected chi connectivity index (χ3v) is 3.54. The fourth-order valence-corrected chi connectivity index (χ4v) is 2.17. The van der Waals surface area contributed by atoms with Gasteiger partial charge < -0.3 is 0 Å². The molecule has 0 spiro atoms. The van der Waals surface area contributed by atoms with Crippen LogP contribution in [-0.4, -0.2) is 42.5 Å². The van der Waals surface area contributed by atoms with Crippen molar-refractivity contribution in [3.8, 4) is 11.1 Å². The van der Waals surface area contributed by atoms with Crippen LogP contribution in [0.1, 0.15) is 5.56 Å². The number of alkyl halides is 3. The minimum absolute atomic E-state index is 0. The summed E-state index contributed by atoms with van der Waals surface area (Å²) >= 11 is 0. The summed E-state index contributed by atoms with van der Waals surface area (Å²) < 4.78 is 68.3. The minimum Gasteiger partial charge on any atom is -0.282 e. The number of hydrogen-bond acceptors (Lipinski definition) is 2. The maximum absolute atomic E-state index is 12.6. The van der Waals surface area contributed by atoms with Crippen LogP contribution in [0.5, 0.6) is 0 Å². The van der Waals surface area contributed by atoms with Gasteiger partial charge in [0.15, 0.2) is 0 Å². The van der Waals surface area contributed by atoms with E-state index in [0.717, 1.165) is 24.3 Å². The first-order valence-electron chi connectivity index (χ1n) is 5.43. The summed E-state index contributed by atoms with van der Waals surface area (Å²) in [6.07, 6.45) is -4.44. The van der Waals surface area contributed by atoms with Crippen molar-refractivity contribution in [3.63, 3.8) is 0 Å². The fraction of sp³-hybridized carbons (Fsp3) is 0.0769. The van der Waals surface area contributed by atoms with Gasteiger partial charge in [0.05, 0.1) is 10.5 Å². The van der Waals surface area contributed by atoms with Gasteiger partial charge in [0.1, 0.15) is 0 Å². The molecule has 0 saturated carbocycles. The van der Waals surface area contributed by atoms with Crippen LogP contribution >= 0.6 is 0 Å². The first-order chi connectivity index (χ1) is 9.18. The zero-order chi connectivity index (χ0) is 15.0. The number of rotatable bonds is 2. The van der Waals surface area contributed by atoms with Gasteiger partial charge in [-0.25, -0.2) is 0 Å². The normalized spacial score (nSPS) is 11.8. The van der Waals surface area contributed by atoms with Gasteiger partial charge in [0.2, 0.25) is 0 Å². The molecule has 107 valence electrons. The van der Waals surface area contributed by atoms with Gasteiger partial charge in [0.25, 0.3) is 10.1 Å². The molecule has 8 heteroatoms. The third kappa shape index (κ3) is 4.55. The van der Waals surface area contributed by atoms with Crippen molar-refractivity contribution in [3.05, 3.63) is 54.1 Å². The Balaban J connectivity index is 0.00000220. The number of hydrogen-bond donors (Lipinski definition) is 1. The van der Waals surface area contributed by atoms with Gasteiger partial charge in [-0.15, -0.1) is 0 Å². The molecule has 2 aromatic rings. The van der Waals surface area contributed by atoms with Crippen LogP contribution in [0.4, 0.5) is 13.2 Å². The SMILES string of the molecule is O=S(=O)(O)c1ccc(-c2cccc(C(F)(F)F)c2)cc1.[Na]. The van der Waals surface area contributed by atoms with Gasteiger partial charge in [-0.05, 0) is 35.4 Å². The Morgan fingerprint density at radius 2 is 1.48 bits per heavy atom. The standard InChI is InChI=1S/C13H9F3O3S.Na/c14-13(15,16)11-3-1-2-10(8-11)9-4-6-12(7-5-9)20(17,18)19;/h1-8H,(H,17,18,19);. The molecule has 0 aliphatic rings. The van der Waals surface area contributed by atoms with Crippen molar-refractivity contribution in [1.82, 2.24) is 0 Å². The molecule has 3 nitrogen and oxygen atoms in total. The molecule has 0 fully saturated rings. The summed E-state index contributed by atoms with van der Waals surface area (Å²) in [5.41, 5.74) is -0.0564. The first-order valence-corrected chi connectivity index (χ1v) is 6.87. The van der Waals surface area contributed by atoms with E-state index in [0.29, 0.717) is 11.1 Å². The van der Waals surface area contributed by atoms with Crippen molar-refractivity contribution >= 4 is 39.7 Å². The molecule has 0 saturated heterocycles. The van der Waals surface area contributed by atoms with Crippen LogP contribution in [0, 0.1) is 0 Å². The Labute approximate surface area is 141 Å². The largest absolute Gasteiger partial charge is 0.416 e. The van der Waals surface area contributed by atoms with Crippen LogP contribution < -0.4 is 0 Å². The topological polar surface area (TPSA) is 54.4 Å². The molecule has 0 unspecified atom stereocenters. The zero-order valence-electron chi connectivity index (χ0n) is 10.9. The molecular weight excluding hydrogens is 316 g/mol. The number of halogens is 3. The van der Waals surface area contributed by atoms with Crippen LogP contribution in [-0.2, 0) is 16.3 Å². The van der Waals surface area contributed by atoms with Crippen LogP contribution in [0.15, 0.2) is 53.4 Å². The fourth-order valence-electron chi connectivity index (χ4n) is 1.69. The number of benzene rings is 2. The van der Waals surface area contributed by atoms with E-state index in [4.69, 9.17) is 4.55 Å². The molecule has 0 bridgehead atoms. The molecule has 1 N–H and O–H groups in total. The predicted octanol–water partition coefficient (Wildman–Crippen LogP) is 3.24. The predicted molar refractivity (Wildman–Crippen MR) is 72.4 cm³/mol. The van der Waals surface area contributed by atoms with Gasteiger partial charge in [0, 0.05) is 29.6 Å². The minimum atomic E-state index is -4.44. The average molecular weight is 325 g/mol. The molecular formula is C13H9F3NaO3S. The summed E-state index contributed by atoms with van der Waals surface area (Å²) in [5, 5.41) is 0. The Hall–Kier alpha value is -0.860. The second-order valence-electron chi connectivity index (χ2n) is 4.08. The van der Waals surface area contributed by atoms with E-state index in [1.807, 2.05) is 0 Å². The molecule has 2 rings (SSSR count). The Morgan fingerprint density at radius 1 is 0.905 bits per heavy atom. The maximum atomic E-state index is 12.6. The Bertz CT molecular complexity index is 725. The molecule has 21 heavy (non-hydrogen) atoms. The van der Waals surface area contributed by atoms with Gasteiger partial charge in [-0.1, -0.05) is 24.3 Å². The van der Waals surface area contributed by atoms with Crippen LogP contribution in [0.25, 0.3) is 11.1 Å². The molecule has 0 atom stereocenters. The Kier molecular flexibility index (Phi) is 5.63. The molecule has 1 radical (unpaired) electrons. The van der Waals surface area contributed by atoms with E-state index >= 15 is 0 Å². The van der Waals surface area contributed by atoms with Crippen LogP contribution in [0.3, 0.4) is 0 Å². The summed E-state index contributed by atoms with van der Waals surface area (Å²) in [6, 6.07) is 9.61. The Morgan fingerprint density at radius 3 is 1.95 bits per heavy atom. The quantitative estimate of drug-likeness (QED) is 0.681. The van der Waals surface area contributed by atoms with E-state index in [2.05, 4.69) is 0 Å². The molecule has 0 aliphatic heterocycles. The summed E-state index contributed by atoms with van der Waals surface area (Å²) in [7, 11) is -4.31. The van der Waals surface area contributed by atoms with E-state index in [9.17, 15) is 21.6 Å². The zero-order valence-corrected chi connectivity index (χ0v) is 13.7. The van der Waals surface area contributed by atoms with Gasteiger partial charge >= 0.3 is 6.18 Å². The van der Waals surface area contributed by atoms with Crippen molar-refractivity contribution in [2.45, 2.75) is 11.1 Å². The average Bonchev–Trinajstić information content (AvgIpc) is 2.37. The van der Waals surface area contributed by atoms with E-state index < -0.39 is 21.9 Å². The van der Waals surface area contributed by atoms with Crippen molar-refractivity contribution < 1.29 is 26.1 Å². The monoisotopic (exact) mass is 325 g/mol. The second-order valence-corrected chi connectivity index (χ2v) is 5.50. The van der Waals surface area contributed by atoms with Crippen molar-refractivity contribution in [2.24, 2.45) is 0 Å². The smallest absolute Gasteiger partial charge is 0.282 e. The van der Waals surface area contributed by atoms with Crippen molar-refractivity contribution in [1.29, 1.82) is 0 Å². The maximum Gasteiger partial charge on any atom is 0.416 e.